The molecule has 0 fully saturated rings. The third kappa shape index (κ3) is 5.34. The van der Waals surface area contributed by atoms with E-state index in [-0.39, 0.29) is 0 Å². The van der Waals surface area contributed by atoms with E-state index in [9.17, 15) is 0 Å². The fraction of sp³-hybridized carbons (Fsp3) is 0. The smallest absolute Gasteiger partial charge is 0.0547 e. The van der Waals surface area contributed by atoms with Gasteiger partial charge in [-0.3, -0.25) is 0 Å². The first-order valence-corrected chi connectivity index (χ1v) is 19.3. The lowest BCUT2D eigenvalue weighted by atomic mass is 9.97. The van der Waals surface area contributed by atoms with Crippen molar-refractivity contribution in [2.75, 3.05) is 4.90 Å². The molecule has 262 valence electrons. The summed E-state index contributed by atoms with van der Waals surface area (Å²) in [6.45, 7) is 0. The molecule has 0 atom stereocenters. The van der Waals surface area contributed by atoms with E-state index in [2.05, 4.69) is 228 Å². The number of anilines is 3. The maximum absolute atomic E-state index is 2.40. The Morgan fingerprint density at radius 3 is 1.45 bits per heavy atom. The highest BCUT2D eigenvalue weighted by atomic mass is 15.1. The van der Waals surface area contributed by atoms with Crippen LogP contribution in [0.4, 0.5) is 17.1 Å². The number of rotatable bonds is 6. The van der Waals surface area contributed by atoms with E-state index in [1.165, 1.54) is 76.4 Å². The molecule has 0 saturated carbocycles. The van der Waals surface area contributed by atoms with Crippen molar-refractivity contribution in [3.63, 3.8) is 0 Å². The van der Waals surface area contributed by atoms with Gasteiger partial charge in [-0.15, -0.1) is 0 Å². The van der Waals surface area contributed by atoms with Crippen LogP contribution in [0.15, 0.2) is 218 Å². The van der Waals surface area contributed by atoms with Crippen LogP contribution in [0.1, 0.15) is 0 Å². The minimum Gasteiger partial charge on any atom is -0.311 e. The first-order chi connectivity index (χ1) is 27.8. The van der Waals surface area contributed by atoms with Crippen molar-refractivity contribution in [1.82, 2.24) is 4.57 Å². The van der Waals surface area contributed by atoms with Crippen LogP contribution < -0.4 is 4.90 Å². The molecule has 11 aromatic rings. The second-order valence-electron chi connectivity index (χ2n) is 14.6. The molecule has 0 saturated heterocycles. The second kappa shape index (κ2) is 13.2. The molecule has 0 bridgehead atoms. The van der Waals surface area contributed by atoms with E-state index in [0.29, 0.717) is 0 Å². The molecule has 0 radical (unpaired) electrons. The van der Waals surface area contributed by atoms with Gasteiger partial charge >= 0.3 is 0 Å². The first kappa shape index (κ1) is 32.0. The van der Waals surface area contributed by atoms with Crippen molar-refractivity contribution in [2.45, 2.75) is 0 Å². The minimum absolute atomic E-state index is 1.11. The fourth-order valence-electron chi connectivity index (χ4n) is 8.63. The zero-order chi connectivity index (χ0) is 37.0. The molecular weight excluding hydrogens is 677 g/mol. The van der Waals surface area contributed by atoms with Gasteiger partial charge in [-0.1, -0.05) is 152 Å². The largest absolute Gasteiger partial charge is 0.311 e. The third-order valence-corrected chi connectivity index (χ3v) is 11.4. The SMILES string of the molecule is c1ccc(N(c2ccc(-c3ccc(-n4c5ccccc5c5c6ccccc6ccc54)cc3)cc2)c2ccc(-c3ccc4ccc5ccccc5c4c3)cc2)cc1. The Labute approximate surface area is 325 Å². The molecule has 0 aliphatic rings. The van der Waals surface area contributed by atoms with Crippen molar-refractivity contribution in [3.05, 3.63) is 218 Å². The van der Waals surface area contributed by atoms with Crippen LogP contribution in [0, 0.1) is 0 Å². The highest BCUT2D eigenvalue weighted by molar-refractivity contribution is 6.21. The molecule has 0 aliphatic heterocycles. The molecule has 0 unspecified atom stereocenters. The molecule has 1 aromatic heterocycles. The van der Waals surface area contributed by atoms with Gasteiger partial charge in [0.15, 0.2) is 0 Å². The highest BCUT2D eigenvalue weighted by Crippen LogP contribution is 2.39. The Kier molecular flexibility index (Phi) is 7.53. The lowest BCUT2D eigenvalue weighted by Crippen LogP contribution is -2.09. The number of aromatic nitrogens is 1. The maximum atomic E-state index is 2.40. The average Bonchev–Trinajstić information content (AvgIpc) is 3.62. The Bertz CT molecular complexity index is 3210. The van der Waals surface area contributed by atoms with Gasteiger partial charge in [-0.05, 0) is 121 Å². The van der Waals surface area contributed by atoms with Crippen LogP contribution in [-0.4, -0.2) is 4.57 Å². The van der Waals surface area contributed by atoms with E-state index >= 15 is 0 Å². The number of nitrogens with zero attached hydrogens (tertiary/aromatic N) is 2. The van der Waals surface area contributed by atoms with E-state index in [1.807, 2.05) is 0 Å². The summed E-state index contributed by atoms with van der Waals surface area (Å²) in [6, 6.07) is 79.3. The highest BCUT2D eigenvalue weighted by Gasteiger charge is 2.16. The second-order valence-corrected chi connectivity index (χ2v) is 14.6. The summed E-state index contributed by atoms with van der Waals surface area (Å²) in [5.74, 6) is 0. The van der Waals surface area contributed by atoms with Gasteiger partial charge in [0.1, 0.15) is 0 Å². The Hall–Kier alpha value is -7.42. The fourth-order valence-corrected chi connectivity index (χ4v) is 8.63. The molecular formula is C54H36N2. The predicted octanol–water partition coefficient (Wildman–Crippen LogP) is 15.0. The topological polar surface area (TPSA) is 8.17 Å². The standard InChI is InChI=1S/C54H36N2/c1-2-12-44(13-3-1)55(46-31-26-39(27-32-46)43-21-20-42-19-18-40-10-4-6-14-48(40)51(42)36-43)45-29-22-37(23-30-45)38-24-33-47(34-25-38)56-52-17-9-8-16-50(52)54-49-15-7-5-11-41(49)28-35-53(54)56/h1-36H. The quantitative estimate of drug-likeness (QED) is 0.156. The Morgan fingerprint density at radius 2 is 0.750 bits per heavy atom. The predicted molar refractivity (Wildman–Crippen MR) is 239 cm³/mol. The zero-order valence-corrected chi connectivity index (χ0v) is 30.7. The molecule has 56 heavy (non-hydrogen) atoms. The summed E-state index contributed by atoms with van der Waals surface area (Å²) in [5.41, 5.74) is 11.7. The van der Waals surface area contributed by atoms with Crippen LogP contribution in [0.25, 0.3) is 82.1 Å². The van der Waals surface area contributed by atoms with Crippen molar-refractivity contribution >= 4 is 71.2 Å². The molecule has 11 rings (SSSR count). The molecule has 0 aliphatic carbocycles. The van der Waals surface area contributed by atoms with E-state index < -0.39 is 0 Å². The molecule has 0 spiro atoms. The molecule has 2 nitrogen and oxygen atoms in total. The molecule has 1 heterocycles. The van der Waals surface area contributed by atoms with Gasteiger partial charge in [0.25, 0.3) is 0 Å². The molecule has 10 aromatic carbocycles. The molecule has 0 N–H and O–H groups in total. The normalized spacial score (nSPS) is 11.6. The van der Waals surface area contributed by atoms with E-state index in [1.54, 1.807) is 0 Å². The Balaban J connectivity index is 0.919. The molecule has 2 heteroatoms. The monoisotopic (exact) mass is 712 g/mol. The van der Waals surface area contributed by atoms with Gasteiger partial charge in [0.05, 0.1) is 11.0 Å². The summed E-state index contributed by atoms with van der Waals surface area (Å²) < 4.78 is 2.40. The summed E-state index contributed by atoms with van der Waals surface area (Å²) in [4.78, 5) is 2.33. The van der Waals surface area contributed by atoms with E-state index in [0.717, 1.165) is 22.7 Å². The number of fused-ring (bicyclic) bond motifs is 8. The summed E-state index contributed by atoms with van der Waals surface area (Å²) in [5, 5.41) is 10.2. The minimum atomic E-state index is 1.11. The maximum Gasteiger partial charge on any atom is 0.0547 e. The number of hydrogen-bond acceptors (Lipinski definition) is 1. The summed E-state index contributed by atoms with van der Waals surface area (Å²) in [7, 11) is 0. The lowest BCUT2D eigenvalue weighted by Gasteiger charge is -2.26. The van der Waals surface area contributed by atoms with Crippen molar-refractivity contribution < 1.29 is 0 Å². The van der Waals surface area contributed by atoms with Crippen LogP contribution >= 0.6 is 0 Å². The van der Waals surface area contributed by atoms with Crippen molar-refractivity contribution in [2.24, 2.45) is 0 Å². The summed E-state index contributed by atoms with van der Waals surface area (Å²) >= 11 is 0. The van der Waals surface area contributed by atoms with Crippen molar-refractivity contribution in [3.8, 4) is 27.9 Å². The van der Waals surface area contributed by atoms with Gasteiger partial charge in [0, 0.05) is 33.5 Å². The summed E-state index contributed by atoms with van der Waals surface area (Å²) in [6.07, 6.45) is 0. The number of hydrogen-bond donors (Lipinski definition) is 0. The lowest BCUT2D eigenvalue weighted by molar-refractivity contribution is 1.18. The van der Waals surface area contributed by atoms with Crippen LogP contribution in [0.5, 0.6) is 0 Å². The van der Waals surface area contributed by atoms with Gasteiger partial charge in [-0.25, -0.2) is 0 Å². The van der Waals surface area contributed by atoms with E-state index in [4.69, 9.17) is 0 Å². The Morgan fingerprint density at radius 1 is 0.286 bits per heavy atom. The van der Waals surface area contributed by atoms with Crippen LogP contribution in [-0.2, 0) is 0 Å². The van der Waals surface area contributed by atoms with Gasteiger partial charge in [0.2, 0.25) is 0 Å². The number of benzene rings is 10. The average molecular weight is 713 g/mol. The van der Waals surface area contributed by atoms with Crippen LogP contribution in [0.3, 0.4) is 0 Å². The van der Waals surface area contributed by atoms with Crippen LogP contribution in [0.2, 0.25) is 0 Å². The number of para-hydroxylation sites is 2. The first-order valence-electron chi connectivity index (χ1n) is 19.3. The zero-order valence-electron chi connectivity index (χ0n) is 30.7. The van der Waals surface area contributed by atoms with Crippen molar-refractivity contribution in [1.29, 1.82) is 0 Å². The van der Waals surface area contributed by atoms with Gasteiger partial charge < -0.3 is 9.47 Å². The van der Waals surface area contributed by atoms with Gasteiger partial charge in [-0.2, -0.15) is 0 Å². The molecule has 0 amide bonds. The third-order valence-electron chi connectivity index (χ3n) is 11.4.